The van der Waals surface area contributed by atoms with E-state index in [1.54, 1.807) is 30.3 Å². The highest BCUT2D eigenvalue weighted by molar-refractivity contribution is 6.30. The van der Waals surface area contributed by atoms with Crippen molar-refractivity contribution in [3.63, 3.8) is 0 Å². The van der Waals surface area contributed by atoms with Gasteiger partial charge >= 0.3 is 0 Å². The van der Waals surface area contributed by atoms with Crippen LogP contribution >= 0.6 is 11.6 Å². The van der Waals surface area contributed by atoms with Crippen molar-refractivity contribution in [2.75, 3.05) is 4.90 Å². The molecule has 168 valence electrons. The van der Waals surface area contributed by atoms with E-state index >= 15 is 0 Å². The molecule has 2 N–H and O–H groups in total. The fourth-order valence-electron chi connectivity index (χ4n) is 5.26. The number of fused-ring (bicyclic) bond motifs is 3. The summed E-state index contributed by atoms with van der Waals surface area (Å²) in [5, 5.41) is 10.9. The molecule has 34 heavy (non-hydrogen) atoms. The number of amides is 1. The molecular weight excluding hydrogens is 453 g/mol. The molecule has 2 heterocycles. The van der Waals surface area contributed by atoms with Crippen molar-refractivity contribution in [2.24, 2.45) is 11.1 Å². The van der Waals surface area contributed by atoms with Gasteiger partial charge in [0.15, 0.2) is 11.2 Å². The molecular formula is C27H19ClFN3O2. The normalized spacial score (nSPS) is 24.7. The van der Waals surface area contributed by atoms with Crippen LogP contribution in [0.1, 0.15) is 27.4 Å². The standard InChI is InChI=1S/C27H19ClFN3O2/c28-19-10-5-17(6-11-19)23-24(25(33)18-7-12-20(29)13-8-18)32-21-4-2-1-3-16(21)9-14-22(32)27(23,15-30)26(31)34/h1-14,22-24H,(H2,31,34). The van der Waals surface area contributed by atoms with Crippen LogP contribution in [0.3, 0.4) is 0 Å². The van der Waals surface area contributed by atoms with Crippen molar-refractivity contribution >= 4 is 35.1 Å². The molecule has 4 unspecified atom stereocenters. The molecule has 3 aromatic carbocycles. The topological polar surface area (TPSA) is 87.2 Å². The highest BCUT2D eigenvalue weighted by Gasteiger charge is 2.65. The molecule has 7 heteroatoms. The summed E-state index contributed by atoms with van der Waals surface area (Å²) in [7, 11) is 0. The van der Waals surface area contributed by atoms with Gasteiger partial charge in [-0.2, -0.15) is 5.26 Å². The average Bonchev–Trinajstić information content (AvgIpc) is 3.16. The van der Waals surface area contributed by atoms with Gasteiger partial charge in [0.25, 0.3) is 0 Å². The minimum absolute atomic E-state index is 0.273. The number of para-hydroxylation sites is 1. The van der Waals surface area contributed by atoms with E-state index in [2.05, 4.69) is 6.07 Å². The molecule has 0 radical (unpaired) electrons. The molecule has 5 rings (SSSR count). The van der Waals surface area contributed by atoms with Gasteiger partial charge in [0, 0.05) is 22.2 Å². The predicted molar refractivity (Wildman–Crippen MR) is 128 cm³/mol. The van der Waals surface area contributed by atoms with E-state index in [0.717, 1.165) is 5.56 Å². The van der Waals surface area contributed by atoms with Gasteiger partial charge in [0.2, 0.25) is 5.91 Å². The lowest BCUT2D eigenvalue weighted by Crippen LogP contribution is -2.49. The van der Waals surface area contributed by atoms with E-state index in [1.807, 2.05) is 35.2 Å². The lowest BCUT2D eigenvalue weighted by molar-refractivity contribution is -0.125. The van der Waals surface area contributed by atoms with Crippen LogP contribution in [0.15, 0.2) is 78.9 Å². The van der Waals surface area contributed by atoms with Crippen LogP contribution < -0.4 is 10.6 Å². The van der Waals surface area contributed by atoms with Crippen LogP contribution in [0, 0.1) is 22.6 Å². The summed E-state index contributed by atoms with van der Waals surface area (Å²) in [5.41, 5.74) is 6.63. The summed E-state index contributed by atoms with van der Waals surface area (Å²) < 4.78 is 13.6. The zero-order valence-corrected chi connectivity index (χ0v) is 18.6. The quantitative estimate of drug-likeness (QED) is 0.557. The number of nitrogens with two attached hydrogens (primary N) is 1. The second-order valence-electron chi connectivity index (χ2n) is 8.46. The van der Waals surface area contributed by atoms with E-state index < -0.39 is 35.1 Å². The van der Waals surface area contributed by atoms with Crippen molar-refractivity contribution in [1.82, 2.24) is 0 Å². The Morgan fingerprint density at radius 2 is 1.71 bits per heavy atom. The first-order chi connectivity index (χ1) is 16.4. The van der Waals surface area contributed by atoms with Crippen molar-refractivity contribution in [3.05, 3.63) is 106 Å². The Morgan fingerprint density at radius 3 is 2.35 bits per heavy atom. The Balaban J connectivity index is 1.80. The molecule has 3 aromatic rings. The van der Waals surface area contributed by atoms with Gasteiger partial charge in [-0.3, -0.25) is 9.59 Å². The molecule has 1 amide bonds. The molecule has 0 spiro atoms. The lowest BCUT2D eigenvalue weighted by atomic mass is 9.67. The Morgan fingerprint density at radius 1 is 1.03 bits per heavy atom. The van der Waals surface area contributed by atoms with Gasteiger partial charge in [-0.25, -0.2) is 4.39 Å². The summed E-state index contributed by atoms with van der Waals surface area (Å²) in [4.78, 5) is 28.9. The number of Topliss-reactive ketones (excluding diaryl/α,β-unsaturated/α-hetero) is 1. The summed E-state index contributed by atoms with van der Waals surface area (Å²) in [6.45, 7) is 0. The van der Waals surface area contributed by atoms with Gasteiger partial charge < -0.3 is 10.6 Å². The van der Waals surface area contributed by atoms with E-state index in [9.17, 15) is 19.2 Å². The van der Waals surface area contributed by atoms with Gasteiger partial charge in [-0.05, 0) is 53.6 Å². The number of carbonyl (C=O) groups excluding carboxylic acids is 2. The summed E-state index contributed by atoms with van der Waals surface area (Å²) >= 11 is 6.10. The second kappa shape index (κ2) is 8.12. The Bertz CT molecular complexity index is 1360. The third-order valence-electron chi connectivity index (χ3n) is 6.76. The second-order valence-corrected chi connectivity index (χ2v) is 8.90. The molecule has 2 aliphatic rings. The number of halogens is 2. The molecule has 4 atom stereocenters. The first-order valence-electron chi connectivity index (χ1n) is 10.7. The summed E-state index contributed by atoms with van der Waals surface area (Å²) in [6.07, 6.45) is 3.60. The van der Waals surface area contributed by atoms with Crippen LogP contribution in [0.5, 0.6) is 0 Å². The Kier molecular flexibility index (Phi) is 5.22. The van der Waals surface area contributed by atoms with E-state index in [-0.39, 0.29) is 11.3 Å². The Hall–Kier alpha value is -3.95. The molecule has 2 aliphatic heterocycles. The number of carbonyl (C=O) groups is 2. The number of rotatable bonds is 4. The van der Waals surface area contributed by atoms with Crippen LogP contribution in [0.2, 0.25) is 5.02 Å². The maximum Gasteiger partial charge on any atom is 0.241 e. The third-order valence-corrected chi connectivity index (χ3v) is 7.02. The minimum Gasteiger partial charge on any atom is -0.368 e. The highest BCUT2D eigenvalue weighted by Crippen LogP contribution is 2.55. The van der Waals surface area contributed by atoms with Crippen LogP contribution in [0.4, 0.5) is 10.1 Å². The molecule has 0 bridgehead atoms. The van der Waals surface area contributed by atoms with E-state index in [0.29, 0.717) is 16.3 Å². The SMILES string of the molecule is N#CC1(C(N)=O)C(c2ccc(Cl)cc2)C(C(=O)c2ccc(F)cc2)N2c3ccccc3C=CC21. The number of primary amides is 1. The molecule has 0 aromatic heterocycles. The van der Waals surface area contributed by atoms with E-state index in [4.69, 9.17) is 17.3 Å². The van der Waals surface area contributed by atoms with Gasteiger partial charge in [0.05, 0.1) is 12.1 Å². The largest absolute Gasteiger partial charge is 0.368 e. The number of benzene rings is 3. The number of hydrogen-bond acceptors (Lipinski definition) is 4. The number of nitrogens with zero attached hydrogens (tertiary/aromatic N) is 2. The molecule has 0 aliphatic carbocycles. The van der Waals surface area contributed by atoms with Crippen molar-refractivity contribution < 1.29 is 14.0 Å². The van der Waals surface area contributed by atoms with Crippen molar-refractivity contribution in [3.8, 4) is 6.07 Å². The van der Waals surface area contributed by atoms with Crippen LogP contribution in [-0.2, 0) is 4.79 Å². The minimum atomic E-state index is -1.74. The summed E-state index contributed by atoms with van der Waals surface area (Å²) in [6, 6.07) is 19.9. The maximum absolute atomic E-state index is 14.0. The molecule has 1 saturated heterocycles. The molecule has 1 fully saturated rings. The third kappa shape index (κ3) is 3.12. The zero-order valence-electron chi connectivity index (χ0n) is 17.9. The monoisotopic (exact) mass is 471 g/mol. The van der Waals surface area contributed by atoms with Crippen LogP contribution in [0.25, 0.3) is 6.08 Å². The van der Waals surface area contributed by atoms with Gasteiger partial charge in [-0.15, -0.1) is 0 Å². The van der Waals surface area contributed by atoms with Gasteiger partial charge in [0.1, 0.15) is 11.9 Å². The number of hydrogen-bond donors (Lipinski definition) is 1. The average molecular weight is 472 g/mol. The number of anilines is 1. The van der Waals surface area contributed by atoms with E-state index in [1.165, 1.54) is 24.3 Å². The lowest BCUT2D eigenvalue weighted by Gasteiger charge is -2.36. The smallest absolute Gasteiger partial charge is 0.241 e. The number of ketones is 1. The fraction of sp³-hybridized carbons (Fsp3) is 0.148. The first kappa shape index (κ1) is 21.9. The molecule has 5 nitrogen and oxygen atoms in total. The number of nitriles is 1. The zero-order chi connectivity index (χ0) is 24.0. The summed E-state index contributed by atoms with van der Waals surface area (Å²) in [5.74, 6) is -2.52. The fourth-order valence-corrected chi connectivity index (χ4v) is 5.38. The Labute approximate surface area is 200 Å². The van der Waals surface area contributed by atoms with Crippen LogP contribution in [-0.4, -0.2) is 23.8 Å². The maximum atomic E-state index is 14.0. The highest BCUT2D eigenvalue weighted by atomic mass is 35.5. The van der Waals surface area contributed by atoms with Crippen molar-refractivity contribution in [1.29, 1.82) is 5.26 Å². The van der Waals surface area contributed by atoms with Gasteiger partial charge in [-0.1, -0.05) is 54.1 Å². The first-order valence-corrected chi connectivity index (χ1v) is 11.1. The van der Waals surface area contributed by atoms with Crippen molar-refractivity contribution in [2.45, 2.75) is 18.0 Å². The predicted octanol–water partition coefficient (Wildman–Crippen LogP) is 4.73. The molecule has 0 saturated carbocycles.